The molecule has 0 atom stereocenters. The number of nitrogens with two attached hydrogens (primary N) is 1. The Morgan fingerprint density at radius 1 is 1.21 bits per heavy atom. The Morgan fingerprint density at radius 2 is 1.95 bits per heavy atom. The number of nitrogen functional groups attached to an aromatic ring is 1. The van der Waals surface area contributed by atoms with Gasteiger partial charge in [-0.1, -0.05) is 6.07 Å². The summed E-state index contributed by atoms with van der Waals surface area (Å²) in [4.78, 5) is 11.5. The van der Waals surface area contributed by atoms with E-state index in [9.17, 15) is 4.39 Å². The number of rotatable bonds is 4. The largest absolute Gasteiger partial charge is 0.467 e. The molecule has 0 amide bonds. The third-order valence-corrected chi connectivity index (χ3v) is 2.19. The van der Waals surface area contributed by atoms with E-state index < -0.39 is 5.82 Å². The van der Waals surface area contributed by atoms with Crippen molar-refractivity contribution in [2.75, 3.05) is 12.5 Å². The minimum atomic E-state index is -0.521. The van der Waals surface area contributed by atoms with Crippen molar-refractivity contribution in [3.8, 4) is 17.8 Å². The molecule has 1 aromatic heterocycles. The number of hydrogen-bond donors (Lipinski definition) is 2. The van der Waals surface area contributed by atoms with Crippen LogP contribution in [0.1, 0.15) is 5.56 Å². The molecule has 0 aliphatic carbocycles. The summed E-state index contributed by atoms with van der Waals surface area (Å²) in [6.07, 6.45) is 0. The minimum Gasteiger partial charge on any atom is -0.467 e. The van der Waals surface area contributed by atoms with Crippen molar-refractivity contribution in [1.29, 1.82) is 0 Å². The SMILES string of the molecule is COc1nc(NN)nc(Oc2cc(C)ccc2F)n1. The quantitative estimate of drug-likeness (QED) is 0.637. The van der Waals surface area contributed by atoms with Gasteiger partial charge in [0.2, 0.25) is 5.95 Å². The number of nitrogens with zero attached hydrogens (tertiary/aromatic N) is 3. The van der Waals surface area contributed by atoms with E-state index in [0.717, 1.165) is 5.56 Å². The van der Waals surface area contributed by atoms with Gasteiger partial charge in [0.1, 0.15) is 0 Å². The number of anilines is 1. The number of aryl methyl sites for hydroxylation is 1. The van der Waals surface area contributed by atoms with Gasteiger partial charge >= 0.3 is 12.0 Å². The summed E-state index contributed by atoms with van der Waals surface area (Å²) in [7, 11) is 1.38. The zero-order chi connectivity index (χ0) is 13.8. The van der Waals surface area contributed by atoms with Crippen molar-refractivity contribution < 1.29 is 13.9 Å². The number of halogens is 1. The van der Waals surface area contributed by atoms with Crippen molar-refractivity contribution in [1.82, 2.24) is 15.0 Å². The highest BCUT2D eigenvalue weighted by Crippen LogP contribution is 2.24. The predicted molar refractivity (Wildman–Crippen MR) is 65.4 cm³/mol. The van der Waals surface area contributed by atoms with Crippen LogP contribution in [-0.4, -0.2) is 22.1 Å². The second kappa shape index (κ2) is 5.44. The van der Waals surface area contributed by atoms with Crippen LogP contribution in [-0.2, 0) is 0 Å². The number of hydrogen-bond acceptors (Lipinski definition) is 7. The number of aromatic nitrogens is 3. The molecule has 2 aromatic rings. The summed E-state index contributed by atoms with van der Waals surface area (Å²) in [6, 6.07) is 4.34. The van der Waals surface area contributed by atoms with Crippen molar-refractivity contribution in [2.45, 2.75) is 6.92 Å². The Labute approximate surface area is 108 Å². The number of ether oxygens (including phenoxy) is 2. The minimum absolute atomic E-state index is 0.00557. The van der Waals surface area contributed by atoms with E-state index >= 15 is 0 Å². The molecule has 0 unspecified atom stereocenters. The fourth-order valence-corrected chi connectivity index (χ4v) is 1.33. The molecule has 0 spiro atoms. The Bertz CT molecular complexity index is 571. The lowest BCUT2D eigenvalue weighted by Gasteiger charge is -2.08. The monoisotopic (exact) mass is 265 g/mol. The maximum atomic E-state index is 13.6. The van der Waals surface area contributed by atoms with Crippen LogP contribution in [0.4, 0.5) is 10.3 Å². The Morgan fingerprint density at radius 3 is 2.63 bits per heavy atom. The standard InChI is InChI=1S/C11H12FN5O2/c1-6-3-4-7(12)8(5-6)19-11-15-9(17-13)14-10(16-11)18-2/h3-5H,13H2,1-2H3,(H,14,15,16,17). The molecule has 2 rings (SSSR count). The lowest BCUT2D eigenvalue weighted by molar-refractivity contribution is 0.355. The summed E-state index contributed by atoms with van der Waals surface area (Å²) in [5.74, 6) is 4.74. The van der Waals surface area contributed by atoms with Crippen molar-refractivity contribution in [3.63, 3.8) is 0 Å². The third kappa shape index (κ3) is 3.05. The molecule has 1 heterocycles. The van der Waals surface area contributed by atoms with Gasteiger partial charge in [0.25, 0.3) is 0 Å². The smallest absolute Gasteiger partial charge is 0.330 e. The zero-order valence-corrected chi connectivity index (χ0v) is 10.3. The second-order valence-corrected chi connectivity index (χ2v) is 3.61. The Balaban J connectivity index is 2.34. The van der Waals surface area contributed by atoms with Crippen LogP contribution in [0, 0.1) is 12.7 Å². The first-order valence-electron chi connectivity index (χ1n) is 5.33. The first-order valence-corrected chi connectivity index (χ1v) is 5.33. The molecule has 100 valence electrons. The molecule has 0 fully saturated rings. The van der Waals surface area contributed by atoms with Crippen LogP contribution < -0.4 is 20.7 Å². The summed E-state index contributed by atoms with van der Waals surface area (Å²) in [5, 5.41) is 0. The van der Waals surface area contributed by atoms with Gasteiger partial charge in [-0.25, -0.2) is 10.2 Å². The van der Waals surface area contributed by atoms with E-state index in [0.29, 0.717) is 0 Å². The first-order chi connectivity index (χ1) is 9.12. The molecule has 7 nitrogen and oxygen atoms in total. The van der Waals surface area contributed by atoms with E-state index in [4.69, 9.17) is 15.3 Å². The summed E-state index contributed by atoms with van der Waals surface area (Å²) < 4.78 is 23.7. The molecule has 0 radical (unpaired) electrons. The van der Waals surface area contributed by atoms with E-state index in [2.05, 4.69) is 20.4 Å². The van der Waals surface area contributed by atoms with Crippen molar-refractivity contribution in [2.24, 2.45) is 5.84 Å². The van der Waals surface area contributed by atoms with Crippen molar-refractivity contribution >= 4 is 5.95 Å². The van der Waals surface area contributed by atoms with Gasteiger partial charge in [-0.15, -0.1) is 4.98 Å². The zero-order valence-electron chi connectivity index (χ0n) is 10.3. The molecular formula is C11H12FN5O2. The number of hydrazine groups is 1. The van der Waals surface area contributed by atoms with Gasteiger partial charge in [-0.3, -0.25) is 5.43 Å². The maximum Gasteiger partial charge on any atom is 0.330 e. The highest BCUT2D eigenvalue weighted by molar-refractivity contribution is 5.33. The Hall–Kier alpha value is -2.48. The van der Waals surface area contributed by atoms with Gasteiger partial charge in [0.15, 0.2) is 11.6 Å². The van der Waals surface area contributed by atoms with E-state index in [-0.39, 0.29) is 23.7 Å². The van der Waals surface area contributed by atoms with Crippen LogP contribution in [0.2, 0.25) is 0 Å². The molecular weight excluding hydrogens is 253 g/mol. The third-order valence-electron chi connectivity index (χ3n) is 2.19. The van der Waals surface area contributed by atoms with Crippen LogP contribution in [0.15, 0.2) is 18.2 Å². The average molecular weight is 265 g/mol. The van der Waals surface area contributed by atoms with Crippen LogP contribution >= 0.6 is 0 Å². The number of methoxy groups -OCH3 is 1. The topological polar surface area (TPSA) is 95.2 Å². The highest BCUT2D eigenvalue weighted by atomic mass is 19.1. The molecule has 19 heavy (non-hydrogen) atoms. The van der Waals surface area contributed by atoms with Crippen LogP contribution in [0.5, 0.6) is 17.8 Å². The van der Waals surface area contributed by atoms with E-state index in [1.807, 2.05) is 6.92 Å². The molecule has 0 bridgehead atoms. The van der Waals surface area contributed by atoms with E-state index in [1.165, 1.54) is 19.2 Å². The molecule has 0 saturated heterocycles. The summed E-state index contributed by atoms with van der Waals surface area (Å²) in [6.45, 7) is 1.81. The fraction of sp³-hybridized carbons (Fsp3) is 0.182. The second-order valence-electron chi connectivity index (χ2n) is 3.61. The molecule has 3 N–H and O–H groups in total. The van der Waals surface area contributed by atoms with Gasteiger partial charge in [0, 0.05) is 0 Å². The predicted octanol–water partition coefficient (Wildman–Crippen LogP) is 1.41. The molecule has 8 heteroatoms. The molecule has 0 aliphatic heterocycles. The van der Waals surface area contributed by atoms with E-state index in [1.54, 1.807) is 6.07 Å². The fourth-order valence-electron chi connectivity index (χ4n) is 1.33. The Kier molecular flexibility index (Phi) is 3.71. The molecule has 0 saturated carbocycles. The summed E-state index contributed by atoms with van der Waals surface area (Å²) in [5.41, 5.74) is 3.08. The van der Waals surface area contributed by atoms with Crippen molar-refractivity contribution in [3.05, 3.63) is 29.6 Å². The van der Waals surface area contributed by atoms with Gasteiger partial charge < -0.3 is 9.47 Å². The maximum absolute atomic E-state index is 13.6. The van der Waals surface area contributed by atoms with Gasteiger partial charge in [0.05, 0.1) is 7.11 Å². The highest BCUT2D eigenvalue weighted by Gasteiger charge is 2.11. The van der Waals surface area contributed by atoms with Crippen LogP contribution in [0.3, 0.4) is 0 Å². The van der Waals surface area contributed by atoms with Crippen LogP contribution in [0.25, 0.3) is 0 Å². The number of benzene rings is 1. The normalized spacial score (nSPS) is 10.1. The first kappa shape index (κ1) is 13.0. The average Bonchev–Trinajstić information content (AvgIpc) is 2.42. The summed E-state index contributed by atoms with van der Waals surface area (Å²) >= 11 is 0. The lowest BCUT2D eigenvalue weighted by atomic mass is 10.2. The lowest BCUT2D eigenvalue weighted by Crippen LogP contribution is -2.12. The molecule has 1 aromatic carbocycles. The van der Waals surface area contributed by atoms with Gasteiger partial charge in [-0.2, -0.15) is 9.97 Å². The number of nitrogens with one attached hydrogen (secondary N) is 1. The van der Waals surface area contributed by atoms with Gasteiger partial charge in [-0.05, 0) is 24.6 Å². The molecule has 0 aliphatic rings.